The lowest BCUT2D eigenvalue weighted by atomic mass is 9.85. The van der Waals surface area contributed by atoms with Crippen LogP contribution in [-0.4, -0.2) is 66.8 Å². The van der Waals surface area contributed by atoms with E-state index in [1.54, 1.807) is 0 Å². The predicted octanol–water partition coefficient (Wildman–Crippen LogP) is 0.504. The van der Waals surface area contributed by atoms with Gasteiger partial charge in [0.25, 0.3) is 0 Å². The van der Waals surface area contributed by atoms with Gasteiger partial charge in [0.2, 0.25) is 27.7 Å². The molecule has 2 heterocycles. The summed E-state index contributed by atoms with van der Waals surface area (Å²) in [5.74, 6) is -1.38. The summed E-state index contributed by atoms with van der Waals surface area (Å²) in [5, 5.41) is 2.75. The van der Waals surface area contributed by atoms with Crippen molar-refractivity contribution in [3.63, 3.8) is 0 Å². The topological polar surface area (TPSA) is 104 Å². The fourth-order valence-electron chi connectivity index (χ4n) is 4.27. The van der Waals surface area contributed by atoms with Crippen LogP contribution >= 0.6 is 0 Å². The van der Waals surface area contributed by atoms with Gasteiger partial charge in [0.1, 0.15) is 6.04 Å². The second-order valence-corrected chi connectivity index (χ2v) is 10.3. The van der Waals surface area contributed by atoms with Crippen LogP contribution in [0.15, 0.2) is 12.2 Å². The molecule has 0 aromatic rings. The molecule has 0 aromatic carbocycles. The molecule has 0 radical (unpaired) electrons. The summed E-state index contributed by atoms with van der Waals surface area (Å²) in [6.45, 7) is 4.72. The fourth-order valence-corrected chi connectivity index (χ4v) is 5.80. The number of rotatable bonds is 7. The smallest absolute Gasteiger partial charge is 0.243 e. The van der Waals surface area contributed by atoms with Gasteiger partial charge in [-0.2, -0.15) is 0 Å². The van der Waals surface area contributed by atoms with Crippen molar-refractivity contribution < 1.29 is 22.8 Å². The Hall–Kier alpha value is -1.74. The van der Waals surface area contributed by atoms with E-state index in [2.05, 4.69) is 5.32 Å². The number of hydrogen-bond donors (Lipinski definition) is 1. The number of nitrogens with zero attached hydrogens (tertiary/aromatic N) is 2. The molecule has 9 heteroatoms. The number of nitrogens with one attached hydrogen (secondary N) is 1. The molecule has 3 atom stereocenters. The van der Waals surface area contributed by atoms with E-state index in [0.29, 0.717) is 32.2 Å². The number of hydrogen-bond acceptors (Lipinski definition) is 5. The van der Waals surface area contributed by atoms with Crippen molar-refractivity contribution in [3.8, 4) is 0 Å². The summed E-state index contributed by atoms with van der Waals surface area (Å²) in [6, 6.07) is -0.846. The van der Waals surface area contributed by atoms with Crippen LogP contribution in [0.1, 0.15) is 39.5 Å². The largest absolute Gasteiger partial charge is 0.353 e. The van der Waals surface area contributed by atoms with Crippen molar-refractivity contribution in [1.82, 2.24) is 14.5 Å². The van der Waals surface area contributed by atoms with Crippen LogP contribution < -0.4 is 5.32 Å². The van der Waals surface area contributed by atoms with Gasteiger partial charge < -0.3 is 5.32 Å². The monoisotopic (exact) mass is 411 g/mol. The quantitative estimate of drug-likeness (QED) is 0.485. The molecule has 0 aromatic heterocycles. The molecule has 3 aliphatic rings. The predicted molar refractivity (Wildman–Crippen MR) is 103 cm³/mol. The maximum Gasteiger partial charge on any atom is 0.243 e. The highest BCUT2D eigenvalue weighted by atomic mass is 32.2. The first kappa shape index (κ1) is 21.0. The zero-order valence-corrected chi connectivity index (χ0v) is 17.3. The third-order valence-electron chi connectivity index (χ3n) is 5.71. The van der Waals surface area contributed by atoms with Crippen molar-refractivity contribution in [2.75, 3.05) is 25.4 Å². The minimum Gasteiger partial charge on any atom is -0.353 e. The van der Waals surface area contributed by atoms with Crippen LogP contribution in [0.4, 0.5) is 0 Å². The molecule has 3 rings (SSSR count). The Morgan fingerprint density at radius 3 is 2.29 bits per heavy atom. The Kier molecular flexibility index (Phi) is 6.24. The number of carbonyl (C=O) groups excluding carboxylic acids is 3. The van der Waals surface area contributed by atoms with Gasteiger partial charge in [-0.3, -0.25) is 19.3 Å². The van der Waals surface area contributed by atoms with Crippen LogP contribution in [0.5, 0.6) is 0 Å². The molecule has 0 spiro atoms. The van der Waals surface area contributed by atoms with Gasteiger partial charge >= 0.3 is 0 Å². The molecule has 1 aliphatic carbocycles. The standard InChI is InChI=1S/C19H29N3O5S/c1-13(2)12-16(17(23)20-8-10-21-9-5-11-28(21,26)27)22-18(24)14-6-3-4-7-15(14)19(22)25/h3-4,13-16H,5-12H2,1-2H3,(H,20,23). The van der Waals surface area contributed by atoms with Gasteiger partial charge in [0.15, 0.2) is 0 Å². The number of sulfonamides is 1. The van der Waals surface area contributed by atoms with Gasteiger partial charge in [-0.05, 0) is 31.6 Å². The van der Waals surface area contributed by atoms with E-state index >= 15 is 0 Å². The highest BCUT2D eigenvalue weighted by molar-refractivity contribution is 7.89. The molecule has 2 fully saturated rings. The van der Waals surface area contributed by atoms with Crippen molar-refractivity contribution in [1.29, 1.82) is 0 Å². The zero-order chi connectivity index (χ0) is 20.5. The van der Waals surface area contributed by atoms with Crippen molar-refractivity contribution in [3.05, 3.63) is 12.2 Å². The molecule has 2 saturated heterocycles. The minimum atomic E-state index is -3.22. The van der Waals surface area contributed by atoms with Gasteiger partial charge in [-0.15, -0.1) is 0 Å². The summed E-state index contributed by atoms with van der Waals surface area (Å²) in [6.07, 6.45) is 5.90. The Morgan fingerprint density at radius 2 is 1.79 bits per heavy atom. The number of fused-ring (bicyclic) bond motifs is 1. The van der Waals surface area contributed by atoms with E-state index < -0.39 is 22.0 Å². The molecule has 3 unspecified atom stereocenters. The first-order valence-electron chi connectivity index (χ1n) is 10.00. The third kappa shape index (κ3) is 4.15. The van der Waals surface area contributed by atoms with Gasteiger partial charge in [0.05, 0.1) is 17.6 Å². The van der Waals surface area contributed by atoms with Crippen molar-refractivity contribution >= 4 is 27.7 Å². The number of allylic oxidation sites excluding steroid dienone is 2. The maximum atomic E-state index is 12.9. The van der Waals surface area contributed by atoms with E-state index in [1.807, 2.05) is 26.0 Å². The highest BCUT2D eigenvalue weighted by Gasteiger charge is 2.51. The fraction of sp³-hybridized carbons (Fsp3) is 0.737. The number of likely N-dealkylation sites (tertiary alicyclic amines) is 1. The van der Waals surface area contributed by atoms with Crippen molar-refractivity contribution in [2.24, 2.45) is 17.8 Å². The molecule has 0 bridgehead atoms. The average molecular weight is 412 g/mol. The summed E-state index contributed by atoms with van der Waals surface area (Å²) >= 11 is 0. The van der Waals surface area contributed by atoms with Gasteiger partial charge in [0, 0.05) is 19.6 Å². The van der Waals surface area contributed by atoms with Gasteiger partial charge in [-0.25, -0.2) is 12.7 Å². The van der Waals surface area contributed by atoms with E-state index in [1.165, 1.54) is 9.21 Å². The highest BCUT2D eigenvalue weighted by Crippen LogP contribution is 2.37. The lowest BCUT2D eigenvalue weighted by molar-refractivity contribution is -0.148. The molecule has 1 N–H and O–H groups in total. The molecule has 8 nitrogen and oxygen atoms in total. The van der Waals surface area contributed by atoms with Crippen LogP contribution in [0, 0.1) is 17.8 Å². The normalized spacial score (nSPS) is 28.0. The lowest BCUT2D eigenvalue weighted by Gasteiger charge is -2.27. The van der Waals surface area contributed by atoms with Crippen LogP contribution in [0.2, 0.25) is 0 Å². The summed E-state index contributed by atoms with van der Waals surface area (Å²) in [5.41, 5.74) is 0. The van der Waals surface area contributed by atoms with Crippen LogP contribution in [0.3, 0.4) is 0 Å². The van der Waals surface area contributed by atoms with E-state index in [0.717, 1.165) is 0 Å². The third-order valence-corrected chi connectivity index (χ3v) is 7.67. The molecule has 2 aliphatic heterocycles. The first-order valence-corrected chi connectivity index (χ1v) is 11.6. The van der Waals surface area contributed by atoms with E-state index in [4.69, 9.17) is 0 Å². The molecule has 0 saturated carbocycles. The second-order valence-electron chi connectivity index (χ2n) is 8.21. The molecular formula is C19H29N3O5S. The minimum absolute atomic E-state index is 0.121. The number of amides is 3. The van der Waals surface area contributed by atoms with E-state index in [-0.39, 0.29) is 48.4 Å². The summed E-state index contributed by atoms with van der Waals surface area (Å²) in [4.78, 5) is 39.7. The van der Waals surface area contributed by atoms with Crippen molar-refractivity contribution in [2.45, 2.75) is 45.6 Å². The summed E-state index contributed by atoms with van der Waals surface area (Å²) < 4.78 is 25.1. The maximum absolute atomic E-state index is 12.9. The van der Waals surface area contributed by atoms with Crippen LogP contribution in [-0.2, 0) is 24.4 Å². The Morgan fingerprint density at radius 1 is 1.18 bits per heavy atom. The molecule has 156 valence electrons. The lowest BCUT2D eigenvalue weighted by Crippen LogP contribution is -2.51. The average Bonchev–Trinajstić information content (AvgIpc) is 3.10. The van der Waals surface area contributed by atoms with E-state index in [9.17, 15) is 22.8 Å². The number of imide groups is 1. The SMILES string of the molecule is CC(C)CC(C(=O)NCCN1CCCS1(=O)=O)N1C(=O)C2CC=CCC2C1=O. The van der Waals surface area contributed by atoms with Gasteiger partial charge in [-0.1, -0.05) is 26.0 Å². The molecule has 3 amide bonds. The first-order chi connectivity index (χ1) is 13.2. The molecule has 28 heavy (non-hydrogen) atoms. The Balaban J connectivity index is 1.67. The molecular weight excluding hydrogens is 382 g/mol. The Labute approximate surface area is 166 Å². The summed E-state index contributed by atoms with van der Waals surface area (Å²) in [7, 11) is -3.22. The second kappa shape index (κ2) is 8.32. The Bertz CT molecular complexity index is 750. The zero-order valence-electron chi connectivity index (χ0n) is 16.5. The van der Waals surface area contributed by atoms with Crippen LogP contribution in [0.25, 0.3) is 0 Å². The number of carbonyl (C=O) groups is 3.